The Morgan fingerprint density at radius 3 is 2.58 bits per heavy atom. The summed E-state index contributed by atoms with van der Waals surface area (Å²) in [5.74, 6) is 0.976. The van der Waals surface area contributed by atoms with E-state index in [4.69, 9.17) is 9.15 Å². The molecule has 1 aliphatic carbocycles. The fourth-order valence-electron chi connectivity index (χ4n) is 4.39. The van der Waals surface area contributed by atoms with Crippen LogP contribution in [0.25, 0.3) is 0 Å². The predicted molar refractivity (Wildman–Crippen MR) is 117 cm³/mol. The highest BCUT2D eigenvalue weighted by molar-refractivity contribution is 5.88. The number of nitrogens with zero attached hydrogens (tertiary/aromatic N) is 2. The monoisotopic (exact) mass is 424 g/mol. The molecule has 0 N–H and O–H groups in total. The second-order valence-corrected chi connectivity index (χ2v) is 8.91. The highest BCUT2D eigenvalue weighted by atomic mass is 16.5. The van der Waals surface area contributed by atoms with Crippen LogP contribution in [0.1, 0.15) is 50.4 Å². The van der Waals surface area contributed by atoms with Crippen molar-refractivity contribution in [3.05, 3.63) is 60.1 Å². The maximum Gasteiger partial charge on any atom is 0.242 e. The SMILES string of the molecule is CC(C)N(CC(=O)N(Cc1ccco1)C[C@@H]1CCCO1)C(=O)[C@H]1C[C@H]1c1ccccc1. The topological polar surface area (TPSA) is 63.0 Å². The second kappa shape index (κ2) is 9.69. The minimum atomic E-state index is -0.0640. The summed E-state index contributed by atoms with van der Waals surface area (Å²) in [6, 6.07) is 13.8. The lowest BCUT2D eigenvalue weighted by Gasteiger charge is -2.31. The van der Waals surface area contributed by atoms with Gasteiger partial charge in [-0.05, 0) is 56.7 Å². The van der Waals surface area contributed by atoms with Gasteiger partial charge in [-0.3, -0.25) is 9.59 Å². The van der Waals surface area contributed by atoms with Gasteiger partial charge in [0.15, 0.2) is 0 Å². The lowest BCUT2D eigenvalue weighted by Crippen LogP contribution is -2.47. The van der Waals surface area contributed by atoms with Crippen molar-refractivity contribution in [2.75, 3.05) is 19.7 Å². The third-order valence-electron chi connectivity index (χ3n) is 6.27. The maximum atomic E-state index is 13.3. The summed E-state index contributed by atoms with van der Waals surface area (Å²) in [5, 5.41) is 0. The number of benzene rings is 1. The zero-order valence-electron chi connectivity index (χ0n) is 18.4. The Morgan fingerprint density at radius 1 is 1.13 bits per heavy atom. The molecule has 1 aromatic heterocycles. The van der Waals surface area contributed by atoms with Gasteiger partial charge >= 0.3 is 0 Å². The lowest BCUT2D eigenvalue weighted by molar-refractivity contribution is -0.144. The number of hydrogen-bond acceptors (Lipinski definition) is 4. The number of ether oxygens (including phenoxy) is 1. The van der Waals surface area contributed by atoms with E-state index in [1.54, 1.807) is 16.1 Å². The molecule has 0 bridgehead atoms. The molecule has 6 heteroatoms. The fourth-order valence-corrected chi connectivity index (χ4v) is 4.39. The fraction of sp³-hybridized carbons (Fsp3) is 0.520. The Bertz CT molecular complexity index is 859. The molecule has 0 spiro atoms. The van der Waals surface area contributed by atoms with Gasteiger partial charge in [0.05, 0.1) is 18.9 Å². The van der Waals surface area contributed by atoms with E-state index in [2.05, 4.69) is 12.1 Å². The molecule has 2 aromatic rings. The van der Waals surface area contributed by atoms with Crippen LogP contribution in [0.5, 0.6) is 0 Å². The molecule has 2 aliphatic rings. The van der Waals surface area contributed by atoms with Crippen molar-refractivity contribution >= 4 is 11.8 Å². The average Bonchev–Trinajstić information content (AvgIpc) is 3.11. The number of furan rings is 1. The average molecular weight is 425 g/mol. The van der Waals surface area contributed by atoms with Gasteiger partial charge in [-0.2, -0.15) is 0 Å². The van der Waals surface area contributed by atoms with Crippen molar-refractivity contribution in [3.8, 4) is 0 Å². The smallest absolute Gasteiger partial charge is 0.242 e. The highest BCUT2D eigenvalue weighted by Crippen LogP contribution is 2.48. The van der Waals surface area contributed by atoms with E-state index >= 15 is 0 Å². The molecule has 4 rings (SSSR count). The minimum Gasteiger partial charge on any atom is -0.467 e. The minimum absolute atomic E-state index is 0.0331. The van der Waals surface area contributed by atoms with Crippen molar-refractivity contribution in [3.63, 3.8) is 0 Å². The summed E-state index contributed by atoms with van der Waals surface area (Å²) >= 11 is 0. The van der Waals surface area contributed by atoms with E-state index in [1.165, 1.54) is 5.56 Å². The van der Waals surface area contributed by atoms with Crippen LogP contribution >= 0.6 is 0 Å². The molecular weight excluding hydrogens is 392 g/mol. The quantitative estimate of drug-likeness (QED) is 0.614. The number of carbonyl (C=O) groups is 2. The number of rotatable bonds is 9. The highest BCUT2D eigenvalue weighted by Gasteiger charge is 2.46. The first-order valence-electron chi connectivity index (χ1n) is 11.3. The summed E-state index contributed by atoms with van der Waals surface area (Å²) < 4.78 is 11.2. The van der Waals surface area contributed by atoms with Crippen LogP contribution in [0.2, 0.25) is 0 Å². The van der Waals surface area contributed by atoms with Crippen LogP contribution in [0.15, 0.2) is 53.1 Å². The maximum absolute atomic E-state index is 13.3. The summed E-state index contributed by atoms with van der Waals surface area (Å²) in [6.45, 7) is 5.69. The van der Waals surface area contributed by atoms with Crippen LogP contribution in [-0.2, 0) is 20.9 Å². The molecule has 1 saturated heterocycles. The van der Waals surface area contributed by atoms with Gasteiger partial charge in [-0.1, -0.05) is 30.3 Å². The van der Waals surface area contributed by atoms with Crippen LogP contribution in [0.3, 0.4) is 0 Å². The lowest BCUT2D eigenvalue weighted by atomic mass is 10.1. The van der Waals surface area contributed by atoms with Crippen molar-refractivity contribution < 1.29 is 18.7 Å². The van der Waals surface area contributed by atoms with Crippen LogP contribution in [-0.4, -0.2) is 53.5 Å². The van der Waals surface area contributed by atoms with E-state index in [0.29, 0.717) is 13.1 Å². The van der Waals surface area contributed by atoms with E-state index in [0.717, 1.165) is 31.6 Å². The third-order valence-corrected chi connectivity index (χ3v) is 6.27. The van der Waals surface area contributed by atoms with Crippen LogP contribution in [0, 0.1) is 5.92 Å². The molecule has 0 unspecified atom stereocenters. The van der Waals surface area contributed by atoms with Crippen molar-refractivity contribution in [2.24, 2.45) is 5.92 Å². The molecule has 0 radical (unpaired) electrons. The van der Waals surface area contributed by atoms with Gasteiger partial charge in [0.1, 0.15) is 12.3 Å². The van der Waals surface area contributed by atoms with Gasteiger partial charge in [0.2, 0.25) is 11.8 Å². The Kier molecular flexibility index (Phi) is 6.76. The number of hydrogen-bond donors (Lipinski definition) is 0. The molecule has 6 nitrogen and oxygen atoms in total. The van der Waals surface area contributed by atoms with E-state index in [9.17, 15) is 9.59 Å². The van der Waals surface area contributed by atoms with E-state index in [-0.39, 0.29) is 42.3 Å². The summed E-state index contributed by atoms with van der Waals surface area (Å²) in [4.78, 5) is 30.1. The van der Waals surface area contributed by atoms with Gasteiger partial charge in [-0.25, -0.2) is 0 Å². The standard InChI is InChI=1S/C25H32N2O4/c1-18(2)27(25(29)23-14-22(23)19-8-4-3-5-9-19)17-24(28)26(15-20-10-6-12-30-20)16-21-11-7-13-31-21/h3-6,8-10,12,18,21-23H,7,11,13-17H2,1-2H3/t21-,22-,23-/m0/s1. The number of amides is 2. The van der Waals surface area contributed by atoms with E-state index < -0.39 is 0 Å². The summed E-state index contributed by atoms with van der Waals surface area (Å²) in [6.07, 6.45) is 4.49. The molecule has 3 atom stereocenters. The largest absolute Gasteiger partial charge is 0.467 e. The number of carbonyl (C=O) groups excluding carboxylic acids is 2. The first-order valence-corrected chi connectivity index (χ1v) is 11.3. The normalized spacial score (nSPS) is 22.5. The zero-order valence-corrected chi connectivity index (χ0v) is 18.4. The van der Waals surface area contributed by atoms with Crippen molar-refractivity contribution in [1.29, 1.82) is 0 Å². The first kappa shape index (κ1) is 21.6. The van der Waals surface area contributed by atoms with Crippen LogP contribution < -0.4 is 0 Å². The molecule has 2 heterocycles. The molecule has 166 valence electrons. The summed E-state index contributed by atoms with van der Waals surface area (Å²) in [5.41, 5.74) is 1.20. The van der Waals surface area contributed by atoms with Gasteiger partial charge in [0.25, 0.3) is 0 Å². The Labute approximate surface area is 184 Å². The molecule has 1 aliphatic heterocycles. The molecule has 2 fully saturated rings. The Morgan fingerprint density at radius 2 is 1.94 bits per heavy atom. The van der Waals surface area contributed by atoms with Gasteiger partial charge in [-0.15, -0.1) is 0 Å². The zero-order chi connectivity index (χ0) is 21.8. The van der Waals surface area contributed by atoms with Crippen molar-refractivity contribution in [1.82, 2.24) is 9.80 Å². The molecule has 31 heavy (non-hydrogen) atoms. The van der Waals surface area contributed by atoms with Gasteiger partial charge in [0, 0.05) is 25.1 Å². The predicted octanol–water partition coefficient (Wildman–Crippen LogP) is 3.83. The Hall–Kier alpha value is -2.60. The molecule has 2 amide bonds. The molecule has 1 saturated carbocycles. The molecule has 1 aromatic carbocycles. The molecular formula is C25H32N2O4. The second-order valence-electron chi connectivity index (χ2n) is 8.91. The van der Waals surface area contributed by atoms with E-state index in [1.807, 2.05) is 44.2 Å². The Balaban J connectivity index is 1.42. The summed E-state index contributed by atoms with van der Waals surface area (Å²) in [7, 11) is 0. The van der Waals surface area contributed by atoms with Crippen molar-refractivity contribution in [2.45, 2.75) is 57.7 Å². The third kappa shape index (κ3) is 5.37. The first-order chi connectivity index (χ1) is 15.0. The van der Waals surface area contributed by atoms with Gasteiger partial charge < -0.3 is 19.0 Å². The van der Waals surface area contributed by atoms with Crippen LogP contribution in [0.4, 0.5) is 0 Å².